The molecular formula is C24H37N5O2. The lowest BCUT2D eigenvalue weighted by atomic mass is 9.91. The van der Waals surface area contributed by atoms with Gasteiger partial charge in [0.05, 0.1) is 30.4 Å². The normalized spacial score (nSPS) is 24.0. The number of aromatic nitrogens is 2. The smallest absolute Gasteiger partial charge is 0.237 e. The number of carbonyl (C=O) groups excluding carboxylic acids is 1. The van der Waals surface area contributed by atoms with Crippen LogP contribution in [0.3, 0.4) is 0 Å². The lowest BCUT2D eigenvalue weighted by molar-refractivity contribution is -0.140. The largest absolute Gasteiger partial charge is 0.393 e. The van der Waals surface area contributed by atoms with Gasteiger partial charge >= 0.3 is 0 Å². The molecule has 2 N–H and O–H groups in total. The van der Waals surface area contributed by atoms with E-state index < -0.39 is 0 Å². The summed E-state index contributed by atoms with van der Waals surface area (Å²) >= 11 is 0. The number of rotatable bonds is 6. The van der Waals surface area contributed by atoms with E-state index in [2.05, 4.69) is 54.9 Å². The van der Waals surface area contributed by atoms with E-state index in [-0.39, 0.29) is 12.0 Å². The van der Waals surface area contributed by atoms with E-state index in [9.17, 15) is 9.90 Å². The summed E-state index contributed by atoms with van der Waals surface area (Å²) in [6.45, 7) is 7.20. The first-order chi connectivity index (χ1) is 14.9. The van der Waals surface area contributed by atoms with Crippen molar-refractivity contribution >= 4 is 22.6 Å². The van der Waals surface area contributed by atoms with Crippen LogP contribution in [0.15, 0.2) is 12.1 Å². The van der Waals surface area contributed by atoms with Crippen LogP contribution in [0.4, 0.5) is 5.69 Å². The van der Waals surface area contributed by atoms with E-state index in [1.807, 2.05) is 4.90 Å². The molecule has 1 atom stereocenters. The number of aliphatic hydroxyl groups excluding tert-OH is 1. The van der Waals surface area contributed by atoms with Gasteiger partial charge in [-0.15, -0.1) is 0 Å². The molecule has 1 aliphatic carbocycles. The average molecular weight is 428 g/mol. The Morgan fingerprint density at radius 1 is 1.23 bits per heavy atom. The van der Waals surface area contributed by atoms with E-state index in [0.29, 0.717) is 25.0 Å². The molecule has 1 aliphatic heterocycles. The zero-order valence-electron chi connectivity index (χ0n) is 19.4. The maximum Gasteiger partial charge on any atom is 0.237 e. The number of anilines is 1. The number of hydrogen-bond donors (Lipinski definition) is 2. The highest BCUT2D eigenvalue weighted by atomic mass is 16.3. The Kier molecular flexibility index (Phi) is 6.53. The molecule has 1 amide bonds. The SMILES string of the molecule is CCC(C)c1cc(N(C)C)c2nc(CN3CCN(C4CCC(O)CC4)C(=O)C3)[nH]c2c1. The Hall–Kier alpha value is -2.12. The van der Waals surface area contributed by atoms with E-state index in [1.165, 1.54) is 5.56 Å². The van der Waals surface area contributed by atoms with Crippen LogP contribution >= 0.6 is 0 Å². The van der Waals surface area contributed by atoms with Crippen LogP contribution in [0.1, 0.15) is 63.3 Å². The first kappa shape index (κ1) is 22.1. The number of amides is 1. The summed E-state index contributed by atoms with van der Waals surface area (Å²) in [6, 6.07) is 4.78. The molecule has 1 saturated carbocycles. The number of nitrogens with zero attached hydrogens (tertiary/aromatic N) is 4. The van der Waals surface area contributed by atoms with E-state index in [4.69, 9.17) is 4.98 Å². The molecule has 2 fully saturated rings. The van der Waals surface area contributed by atoms with E-state index in [1.54, 1.807) is 0 Å². The highest BCUT2D eigenvalue weighted by molar-refractivity contribution is 5.89. The summed E-state index contributed by atoms with van der Waals surface area (Å²) in [5, 5.41) is 9.75. The summed E-state index contributed by atoms with van der Waals surface area (Å²) in [5.74, 6) is 1.62. The third-order valence-electron chi connectivity index (χ3n) is 7.12. The number of aliphatic hydroxyl groups is 1. The van der Waals surface area contributed by atoms with Gasteiger partial charge in [0.1, 0.15) is 11.3 Å². The van der Waals surface area contributed by atoms with E-state index >= 15 is 0 Å². The number of imidazole rings is 1. The molecular weight excluding hydrogens is 390 g/mol. The fraction of sp³-hybridized carbons (Fsp3) is 0.667. The van der Waals surface area contributed by atoms with Crippen molar-refractivity contribution in [2.45, 2.75) is 70.6 Å². The number of fused-ring (bicyclic) bond motifs is 1. The third kappa shape index (κ3) is 4.72. The molecule has 1 aromatic carbocycles. The Balaban J connectivity index is 1.46. The molecule has 0 bridgehead atoms. The molecule has 0 spiro atoms. The maximum atomic E-state index is 12.8. The summed E-state index contributed by atoms with van der Waals surface area (Å²) in [4.78, 5) is 27.6. The number of carbonyl (C=O) groups is 1. The van der Waals surface area contributed by atoms with Gasteiger partial charge < -0.3 is 19.9 Å². The molecule has 170 valence electrons. The van der Waals surface area contributed by atoms with Crippen molar-refractivity contribution in [3.05, 3.63) is 23.5 Å². The molecule has 7 heteroatoms. The van der Waals surface area contributed by atoms with Gasteiger partial charge in [-0.05, 0) is 55.7 Å². The summed E-state index contributed by atoms with van der Waals surface area (Å²) in [7, 11) is 4.12. The number of aromatic amines is 1. The zero-order chi connectivity index (χ0) is 22.1. The second kappa shape index (κ2) is 9.17. The number of H-pyrrole nitrogens is 1. The third-order valence-corrected chi connectivity index (χ3v) is 7.12. The van der Waals surface area contributed by atoms with Crippen LogP contribution < -0.4 is 4.90 Å². The first-order valence-electron chi connectivity index (χ1n) is 11.8. The van der Waals surface area contributed by atoms with Gasteiger partial charge in [-0.2, -0.15) is 0 Å². The molecule has 4 rings (SSSR count). The van der Waals surface area contributed by atoms with Crippen LogP contribution in [0.2, 0.25) is 0 Å². The molecule has 0 radical (unpaired) electrons. The summed E-state index contributed by atoms with van der Waals surface area (Å²) in [5.41, 5.74) is 4.53. The minimum Gasteiger partial charge on any atom is -0.393 e. The number of nitrogens with one attached hydrogen (secondary N) is 1. The second-order valence-electron chi connectivity index (χ2n) is 9.58. The van der Waals surface area contributed by atoms with Gasteiger partial charge in [0.2, 0.25) is 5.91 Å². The fourth-order valence-corrected chi connectivity index (χ4v) is 4.95. The number of hydrogen-bond acceptors (Lipinski definition) is 5. The van der Waals surface area contributed by atoms with Crippen molar-refractivity contribution in [2.75, 3.05) is 38.6 Å². The summed E-state index contributed by atoms with van der Waals surface area (Å²) < 4.78 is 0. The van der Waals surface area contributed by atoms with Crippen LogP contribution in [0.25, 0.3) is 11.0 Å². The van der Waals surface area contributed by atoms with Gasteiger partial charge in [0.25, 0.3) is 0 Å². The Morgan fingerprint density at radius 3 is 2.61 bits per heavy atom. The fourth-order valence-electron chi connectivity index (χ4n) is 4.95. The Bertz CT molecular complexity index is 916. The molecule has 2 aliphatic rings. The quantitative estimate of drug-likeness (QED) is 0.741. The lowest BCUT2D eigenvalue weighted by Gasteiger charge is -2.41. The number of benzene rings is 1. The van der Waals surface area contributed by atoms with Crippen molar-refractivity contribution in [3.63, 3.8) is 0 Å². The highest BCUT2D eigenvalue weighted by Crippen LogP contribution is 2.31. The van der Waals surface area contributed by atoms with Gasteiger partial charge in [0, 0.05) is 33.2 Å². The van der Waals surface area contributed by atoms with Crippen molar-refractivity contribution in [3.8, 4) is 0 Å². The van der Waals surface area contributed by atoms with Crippen LogP contribution in [0.5, 0.6) is 0 Å². The predicted octanol–water partition coefficient (Wildman–Crippen LogP) is 3.09. The lowest BCUT2D eigenvalue weighted by Crippen LogP contribution is -2.54. The monoisotopic (exact) mass is 427 g/mol. The summed E-state index contributed by atoms with van der Waals surface area (Å²) in [6.07, 6.45) is 4.37. The van der Waals surface area contributed by atoms with Crippen molar-refractivity contribution in [1.29, 1.82) is 0 Å². The maximum absolute atomic E-state index is 12.8. The zero-order valence-corrected chi connectivity index (χ0v) is 19.4. The molecule has 1 saturated heterocycles. The Morgan fingerprint density at radius 2 is 1.97 bits per heavy atom. The Labute approximate surface area is 185 Å². The van der Waals surface area contributed by atoms with Crippen molar-refractivity contribution in [1.82, 2.24) is 19.8 Å². The predicted molar refractivity (Wildman–Crippen MR) is 124 cm³/mol. The molecule has 2 aromatic rings. The standard InChI is InChI=1S/C24H37N5O2/c1-5-16(2)17-12-20-24(21(13-17)27(3)4)26-22(25-20)14-28-10-11-29(23(31)15-28)18-6-8-19(30)9-7-18/h12-13,16,18-19,30H,5-11,14-15H2,1-4H3,(H,25,26). The van der Waals surface area contributed by atoms with Crippen LogP contribution in [-0.2, 0) is 11.3 Å². The minimum absolute atomic E-state index is 0.186. The van der Waals surface area contributed by atoms with Crippen LogP contribution in [-0.4, -0.2) is 76.7 Å². The number of piperazine rings is 1. The van der Waals surface area contributed by atoms with Gasteiger partial charge in [-0.1, -0.05) is 13.8 Å². The molecule has 1 aromatic heterocycles. The molecule has 31 heavy (non-hydrogen) atoms. The molecule has 2 heterocycles. The van der Waals surface area contributed by atoms with Crippen molar-refractivity contribution < 1.29 is 9.90 Å². The molecule has 7 nitrogen and oxygen atoms in total. The van der Waals surface area contributed by atoms with Gasteiger partial charge in [-0.25, -0.2) is 4.98 Å². The second-order valence-corrected chi connectivity index (χ2v) is 9.58. The minimum atomic E-state index is -0.186. The molecule has 1 unspecified atom stereocenters. The first-order valence-corrected chi connectivity index (χ1v) is 11.8. The highest BCUT2D eigenvalue weighted by Gasteiger charge is 2.32. The average Bonchev–Trinajstić information content (AvgIpc) is 3.15. The van der Waals surface area contributed by atoms with Gasteiger partial charge in [0.15, 0.2) is 0 Å². The van der Waals surface area contributed by atoms with E-state index in [0.717, 1.165) is 67.7 Å². The van der Waals surface area contributed by atoms with Crippen molar-refractivity contribution in [2.24, 2.45) is 0 Å². The van der Waals surface area contributed by atoms with Gasteiger partial charge in [-0.3, -0.25) is 9.69 Å². The topological polar surface area (TPSA) is 75.7 Å². The van der Waals surface area contributed by atoms with Crippen LogP contribution in [0, 0.1) is 0 Å².